The molecule has 0 spiro atoms. The third kappa shape index (κ3) is 2.51. The molecule has 0 bridgehead atoms. The van der Waals surface area contributed by atoms with Crippen LogP contribution in [0.1, 0.15) is 41.5 Å². The fraction of sp³-hybridized carbons (Fsp3) is 0.529. The van der Waals surface area contributed by atoms with Crippen molar-refractivity contribution >= 4 is 24.8 Å². The fourth-order valence-corrected chi connectivity index (χ4v) is 9.34. The topological polar surface area (TPSA) is 27.8 Å². The van der Waals surface area contributed by atoms with Gasteiger partial charge in [-0.15, -0.1) is 0 Å². The standard InChI is InChI=1S/C17H28N2Si/c1-12(2)20(13(3)4,14(5)6)19-16-7-8-17-15(11-16)9-10-18-17/h7-14,18-19H,1-6H3. The number of nitrogens with one attached hydrogen (secondary N) is 2. The van der Waals surface area contributed by atoms with Crippen molar-refractivity contribution in [3.8, 4) is 0 Å². The molecule has 2 N–H and O–H groups in total. The zero-order valence-electron chi connectivity index (χ0n) is 13.6. The molecule has 1 aromatic heterocycles. The number of hydrogen-bond acceptors (Lipinski definition) is 1. The van der Waals surface area contributed by atoms with E-state index < -0.39 is 8.24 Å². The molecular formula is C17H28N2Si. The number of rotatable bonds is 5. The van der Waals surface area contributed by atoms with E-state index in [0.29, 0.717) is 16.6 Å². The predicted molar refractivity (Wildman–Crippen MR) is 93.0 cm³/mol. The molecule has 0 aliphatic heterocycles. The molecule has 0 amide bonds. The van der Waals surface area contributed by atoms with Gasteiger partial charge in [-0.05, 0) is 40.9 Å². The van der Waals surface area contributed by atoms with Crippen LogP contribution in [0, 0.1) is 0 Å². The average Bonchev–Trinajstić information content (AvgIpc) is 2.81. The first-order valence-electron chi connectivity index (χ1n) is 7.73. The molecule has 0 aliphatic rings. The number of H-pyrrole nitrogens is 1. The summed E-state index contributed by atoms with van der Waals surface area (Å²) in [6, 6.07) is 8.82. The Morgan fingerprint density at radius 2 is 1.50 bits per heavy atom. The van der Waals surface area contributed by atoms with E-state index in [9.17, 15) is 0 Å². The van der Waals surface area contributed by atoms with Crippen LogP contribution in [-0.4, -0.2) is 13.2 Å². The summed E-state index contributed by atoms with van der Waals surface area (Å²) in [7, 11) is -1.60. The van der Waals surface area contributed by atoms with Gasteiger partial charge in [0.05, 0.1) is 0 Å². The van der Waals surface area contributed by atoms with Gasteiger partial charge in [-0.1, -0.05) is 41.5 Å². The maximum Gasteiger partial charge on any atom is 0.161 e. The molecule has 2 nitrogen and oxygen atoms in total. The average molecular weight is 289 g/mol. The lowest BCUT2D eigenvalue weighted by Crippen LogP contribution is -2.52. The largest absolute Gasteiger partial charge is 0.410 e. The minimum Gasteiger partial charge on any atom is -0.410 e. The lowest BCUT2D eigenvalue weighted by Gasteiger charge is -2.44. The van der Waals surface area contributed by atoms with Crippen LogP contribution in [-0.2, 0) is 0 Å². The normalized spacial score (nSPS) is 12.8. The second-order valence-corrected chi connectivity index (χ2v) is 12.4. The van der Waals surface area contributed by atoms with E-state index >= 15 is 0 Å². The Kier molecular flexibility index (Phi) is 4.28. The molecule has 110 valence electrons. The Hall–Kier alpha value is -1.22. The summed E-state index contributed by atoms with van der Waals surface area (Å²) in [5.74, 6) is 0. The summed E-state index contributed by atoms with van der Waals surface area (Å²) in [5, 5.41) is 1.29. The first kappa shape index (κ1) is 15.2. The van der Waals surface area contributed by atoms with Gasteiger partial charge >= 0.3 is 0 Å². The number of benzene rings is 1. The van der Waals surface area contributed by atoms with Crippen molar-refractivity contribution in [1.82, 2.24) is 4.98 Å². The number of hydrogen-bond donors (Lipinski definition) is 2. The van der Waals surface area contributed by atoms with E-state index in [1.165, 1.54) is 16.6 Å². The highest BCUT2D eigenvalue weighted by Crippen LogP contribution is 2.41. The molecule has 1 heterocycles. The van der Waals surface area contributed by atoms with Crippen LogP contribution in [0.3, 0.4) is 0 Å². The smallest absolute Gasteiger partial charge is 0.161 e. The Balaban J connectivity index is 2.40. The van der Waals surface area contributed by atoms with Crippen molar-refractivity contribution in [3.63, 3.8) is 0 Å². The molecule has 0 unspecified atom stereocenters. The lowest BCUT2D eigenvalue weighted by atomic mass is 10.2. The van der Waals surface area contributed by atoms with Crippen molar-refractivity contribution < 1.29 is 0 Å². The number of fused-ring (bicyclic) bond motifs is 1. The first-order valence-corrected chi connectivity index (χ1v) is 9.96. The quantitative estimate of drug-likeness (QED) is 0.673. The number of aromatic nitrogens is 1. The van der Waals surface area contributed by atoms with Gasteiger partial charge in [-0.2, -0.15) is 0 Å². The van der Waals surface area contributed by atoms with Gasteiger partial charge < -0.3 is 9.97 Å². The Morgan fingerprint density at radius 3 is 2.05 bits per heavy atom. The lowest BCUT2D eigenvalue weighted by molar-refractivity contribution is 0.821. The van der Waals surface area contributed by atoms with E-state index in [0.717, 1.165) is 0 Å². The van der Waals surface area contributed by atoms with E-state index in [4.69, 9.17) is 0 Å². The fourth-order valence-electron chi connectivity index (χ4n) is 3.81. The second kappa shape index (κ2) is 5.64. The molecule has 0 saturated carbocycles. The summed E-state index contributed by atoms with van der Waals surface area (Å²) in [6.07, 6.45) is 2.01. The highest BCUT2D eigenvalue weighted by molar-refractivity contribution is 6.86. The van der Waals surface area contributed by atoms with Crippen LogP contribution in [0.25, 0.3) is 10.9 Å². The highest BCUT2D eigenvalue weighted by atomic mass is 28.3. The molecule has 0 fully saturated rings. The first-order chi connectivity index (χ1) is 9.37. The molecule has 3 heteroatoms. The molecule has 0 aliphatic carbocycles. The molecule has 2 aromatic rings. The van der Waals surface area contributed by atoms with E-state index in [1.54, 1.807) is 0 Å². The minimum absolute atomic E-state index is 0.712. The van der Waals surface area contributed by atoms with Gasteiger partial charge in [0.2, 0.25) is 0 Å². The molecule has 0 atom stereocenters. The summed E-state index contributed by atoms with van der Waals surface area (Å²) in [4.78, 5) is 7.26. The third-order valence-corrected chi connectivity index (χ3v) is 11.2. The number of anilines is 1. The molecule has 0 saturated heterocycles. The molecule has 20 heavy (non-hydrogen) atoms. The van der Waals surface area contributed by atoms with Crippen LogP contribution in [0.4, 0.5) is 5.69 Å². The zero-order chi connectivity index (χ0) is 14.9. The van der Waals surface area contributed by atoms with Crippen molar-refractivity contribution in [3.05, 3.63) is 30.5 Å². The summed E-state index contributed by atoms with van der Waals surface area (Å²) < 4.78 is 0. The molecular weight excluding hydrogens is 260 g/mol. The van der Waals surface area contributed by atoms with Crippen molar-refractivity contribution in [2.75, 3.05) is 4.98 Å². The van der Waals surface area contributed by atoms with Gasteiger partial charge in [-0.25, -0.2) is 0 Å². The molecule has 1 aromatic carbocycles. The Bertz CT molecular complexity index is 547. The maximum absolute atomic E-state index is 4.00. The third-order valence-electron chi connectivity index (χ3n) is 4.78. The van der Waals surface area contributed by atoms with E-state index in [-0.39, 0.29) is 0 Å². The van der Waals surface area contributed by atoms with Crippen molar-refractivity contribution in [2.45, 2.75) is 58.2 Å². The van der Waals surface area contributed by atoms with Crippen LogP contribution in [0.15, 0.2) is 30.5 Å². The molecule has 0 radical (unpaired) electrons. The molecule has 2 rings (SSSR count). The Morgan fingerprint density at radius 1 is 0.900 bits per heavy atom. The number of aromatic amines is 1. The van der Waals surface area contributed by atoms with Gasteiger partial charge in [0, 0.05) is 22.8 Å². The van der Waals surface area contributed by atoms with Gasteiger partial charge in [-0.3, -0.25) is 0 Å². The van der Waals surface area contributed by atoms with Crippen LogP contribution < -0.4 is 4.98 Å². The van der Waals surface area contributed by atoms with E-state index in [1.807, 2.05) is 6.20 Å². The summed E-state index contributed by atoms with van der Waals surface area (Å²) in [6.45, 7) is 14.3. The summed E-state index contributed by atoms with van der Waals surface area (Å²) >= 11 is 0. The van der Waals surface area contributed by atoms with Gasteiger partial charge in [0.1, 0.15) is 0 Å². The summed E-state index contributed by atoms with van der Waals surface area (Å²) in [5.41, 5.74) is 4.62. The minimum atomic E-state index is -1.60. The zero-order valence-corrected chi connectivity index (χ0v) is 14.6. The van der Waals surface area contributed by atoms with Crippen molar-refractivity contribution in [1.29, 1.82) is 0 Å². The van der Waals surface area contributed by atoms with Gasteiger partial charge in [0.15, 0.2) is 8.24 Å². The van der Waals surface area contributed by atoms with Gasteiger partial charge in [0.25, 0.3) is 0 Å². The maximum atomic E-state index is 4.00. The van der Waals surface area contributed by atoms with Crippen LogP contribution >= 0.6 is 0 Å². The SMILES string of the molecule is CC(C)[Si](Nc1ccc2[nH]ccc2c1)(C(C)C)C(C)C. The second-order valence-electron chi connectivity index (χ2n) is 6.80. The van der Waals surface area contributed by atoms with Crippen LogP contribution in [0.2, 0.25) is 16.6 Å². The van der Waals surface area contributed by atoms with Crippen molar-refractivity contribution in [2.24, 2.45) is 0 Å². The highest BCUT2D eigenvalue weighted by Gasteiger charge is 2.43. The Labute approximate surface area is 124 Å². The van der Waals surface area contributed by atoms with Crippen LogP contribution in [0.5, 0.6) is 0 Å². The monoisotopic (exact) mass is 288 g/mol. The predicted octanol–water partition coefficient (Wildman–Crippen LogP) is 5.76. The van der Waals surface area contributed by atoms with E-state index in [2.05, 4.69) is 75.8 Å².